The van der Waals surface area contributed by atoms with Crippen molar-refractivity contribution in [2.75, 3.05) is 11.1 Å². The number of anilines is 1. The number of rotatable bonds is 10. The summed E-state index contributed by atoms with van der Waals surface area (Å²) < 4.78 is 3.65. The summed E-state index contributed by atoms with van der Waals surface area (Å²) in [6, 6.07) is 0.888. The van der Waals surface area contributed by atoms with Crippen molar-refractivity contribution >= 4 is 58.1 Å². The van der Waals surface area contributed by atoms with Crippen molar-refractivity contribution in [3.8, 4) is 0 Å². The molecule has 2 atom stereocenters. The van der Waals surface area contributed by atoms with Crippen molar-refractivity contribution in [1.82, 2.24) is 19.9 Å². The molecular formula is C21H24N7O6S2+. The first-order chi connectivity index (χ1) is 17.2. The topological polar surface area (TPSA) is 159 Å². The number of thioether (sulfide) groups is 1. The standard InChI is InChI=1S/C21H23N7O6S2/c1-11(2)34-25-14(13-9-36-21(23-13)22-10-29)17(30)24-15-18(31)28-16(20(32)33)12(8-35-19(15)28)7-27-6-4-5-26(27)3/h4-6,9-11,15,19H,7-8H2,1-3H3,(H2-,22,23,24,29,30,32,33)/p+1/t15-,19-/m1/s1. The first-order valence-corrected chi connectivity index (χ1v) is 12.8. The van der Waals surface area contributed by atoms with Crippen LogP contribution in [0.4, 0.5) is 5.13 Å². The van der Waals surface area contributed by atoms with E-state index < -0.39 is 29.2 Å². The van der Waals surface area contributed by atoms with Crippen molar-refractivity contribution < 1.29 is 33.8 Å². The smallest absolute Gasteiger partial charge is 0.352 e. The molecule has 1 saturated heterocycles. The Hall–Kier alpha value is -3.72. The van der Waals surface area contributed by atoms with Gasteiger partial charge in [0.05, 0.1) is 6.20 Å². The number of aryl methyl sites for hydroxylation is 1. The lowest BCUT2D eigenvalue weighted by molar-refractivity contribution is -0.752. The highest BCUT2D eigenvalue weighted by atomic mass is 32.2. The van der Waals surface area contributed by atoms with Crippen molar-refractivity contribution in [3.63, 3.8) is 0 Å². The largest absolute Gasteiger partial charge is 0.477 e. The molecule has 2 aliphatic rings. The van der Waals surface area contributed by atoms with Gasteiger partial charge in [-0.3, -0.25) is 19.3 Å². The predicted octanol–water partition coefficient (Wildman–Crippen LogP) is -0.0947. The van der Waals surface area contributed by atoms with Crippen LogP contribution < -0.4 is 15.3 Å². The van der Waals surface area contributed by atoms with Crippen LogP contribution in [0.5, 0.6) is 0 Å². The Morgan fingerprint density at radius 2 is 2.22 bits per heavy atom. The number of carboxylic acids is 1. The van der Waals surface area contributed by atoms with E-state index in [2.05, 4.69) is 20.8 Å². The maximum Gasteiger partial charge on any atom is 0.352 e. The summed E-state index contributed by atoms with van der Waals surface area (Å²) >= 11 is 2.47. The van der Waals surface area contributed by atoms with Crippen LogP contribution in [-0.2, 0) is 37.6 Å². The molecular weight excluding hydrogens is 510 g/mol. The summed E-state index contributed by atoms with van der Waals surface area (Å²) in [5.41, 5.74) is 0.527. The van der Waals surface area contributed by atoms with Crippen LogP contribution in [0.2, 0.25) is 0 Å². The average molecular weight is 535 g/mol. The molecule has 0 saturated carbocycles. The van der Waals surface area contributed by atoms with Gasteiger partial charge in [-0.15, -0.1) is 27.8 Å². The molecule has 0 bridgehead atoms. The maximum atomic E-state index is 13.1. The van der Waals surface area contributed by atoms with E-state index in [0.29, 0.717) is 24.3 Å². The van der Waals surface area contributed by atoms with Gasteiger partial charge in [0.1, 0.15) is 35.5 Å². The summed E-state index contributed by atoms with van der Waals surface area (Å²) in [7, 11) is 1.84. The van der Waals surface area contributed by atoms with Crippen molar-refractivity contribution in [3.05, 3.63) is 40.8 Å². The van der Waals surface area contributed by atoms with Gasteiger partial charge in [0.25, 0.3) is 11.8 Å². The second kappa shape index (κ2) is 10.5. The Labute approximate surface area is 213 Å². The molecule has 3 amide bonds. The molecule has 1 fully saturated rings. The van der Waals surface area contributed by atoms with Crippen molar-refractivity contribution in [1.29, 1.82) is 0 Å². The molecule has 2 aliphatic heterocycles. The third-order valence-electron chi connectivity index (χ3n) is 5.35. The highest BCUT2D eigenvalue weighted by Gasteiger charge is 2.54. The van der Waals surface area contributed by atoms with Gasteiger partial charge in [0, 0.05) is 17.2 Å². The zero-order valence-corrected chi connectivity index (χ0v) is 21.2. The number of hydrogen-bond acceptors (Lipinski definition) is 9. The minimum atomic E-state index is -1.20. The van der Waals surface area contributed by atoms with Crippen LogP contribution in [0.15, 0.2) is 40.3 Å². The molecule has 0 aliphatic carbocycles. The Morgan fingerprint density at radius 1 is 1.44 bits per heavy atom. The minimum absolute atomic E-state index is 0.0657. The van der Waals surface area contributed by atoms with Crippen LogP contribution in [0.25, 0.3) is 0 Å². The summed E-state index contributed by atoms with van der Waals surface area (Å²) in [6.45, 7) is 3.78. The Balaban J connectivity index is 1.54. The summed E-state index contributed by atoms with van der Waals surface area (Å²) in [5, 5.41) is 20.0. The van der Waals surface area contributed by atoms with E-state index in [1.54, 1.807) is 13.8 Å². The van der Waals surface area contributed by atoms with Gasteiger partial charge < -0.3 is 20.6 Å². The van der Waals surface area contributed by atoms with Crippen LogP contribution in [-0.4, -0.2) is 72.9 Å². The van der Waals surface area contributed by atoms with E-state index in [9.17, 15) is 24.3 Å². The molecule has 3 N–H and O–H groups in total. The summed E-state index contributed by atoms with van der Waals surface area (Å²) in [5.74, 6) is -2.06. The number of nitrogens with one attached hydrogen (secondary N) is 2. The third kappa shape index (κ3) is 4.97. The zero-order chi connectivity index (χ0) is 26.0. The average Bonchev–Trinajstić information content (AvgIpc) is 3.46. The normalized spacial score (nSPS) is 19.6. The first-order valence-electron chi connectivity index (χ1n) is 10.8. The Bertz CT molecular complexity index is 1270. The van der Waals surface area contributed by atoms with E-state index in [1.165, 1.54) is 22.0 Å². The van der Waals surface area contributed by atoms with E-state index in [1.807, 2.05) is 34.9 Å². The number of aromatic nitrogens is 3. The van der Waals surface area contributed by atoms with Gasteiger partial charge in [-0.2, -0.15) is 4.68 Å². The number of carbonyl (C=O) groups excluding carboxylic acids is 3. The van der Waals surface area contributed by atoms with Gasteiger partial charge in [0.15, 0.2) is 24.1 Å². The quantitative estimate of drug-likeness (QED) is 0.125. The minimum Gasteiger partial charge on any atom is -0.477 e. The molecule has 0 radical (unpaired) electrons. The lowest BCUT2D eigenvalue weighted by atomic mass is 10.0. The SMILES string of the molecule is CC(C)ON=C(C(=O)N[C@@H]1C(=O)N2C(C(=O)O)=C(Cn3ccc[n+]3C)CS[C@H]12)c1csc(NC=O)n1. The van der Waals surface area contributed by atoms with Gasteiger partial charge >= 0.3 is 5.97 Å². The maximum absolute atomic E-state index is 13.1. The van der Waals surface area contributed by atoms with Crippen LogP contribution in [0, 0.1) is 0 Å². The zero-order valence-electron chi connectivity index (χ0n) is 19.6. The first kappa shape index (κ1) is 25.4. The summed E-state index contributed by atoms with van der Waals surface area (Å²) in [6.07, 6.45) is 3.79. The number of nitrogens with zero attached hydrogens (tertiary/aromatic N) is 5. The number of aliphatic carboxylic acids is 1. The number of hydrogen-bond donors (Lipinski definition) is 3. The second-order valence-electron chi connectivity index (χ2n) is 8.17. The van der Waals surface area contributed by atoms with E-state index in [0.717, 1.165) is 11.3 Å². The molecule has 36 heavy (non-hydrogen) atoms. The number of carboxylic acid groups (broad SMARTS) is 1. The third-order valence-corrected chi connectivity index (χ3v) is 7.47. The van der Waals surface area contributed by atoms with Crippen LogP contribution in [0.1, 0.15) is 19.5 Å². The Morgan fingerprint density at radius 3 is 2.86 bits per heavy atom. The fraction of sp³-hybridized carbons (Fsp3) is 0.381. The molecule has 2 aromatic rings. The highest BCUT2D eigenvalue weighted by molar-refractivity contribution is 8.00. The van der Waals surface area contributed by atoms with Crippen molar-refractivity contribution in [2.24, 2.45) is 12.2 Å². The molecule has 13 nitrogen and oxygen atoms in total. The fourth-order valence-electron chi connectivity index (χ4n) is 3.69. The Kier molecular flexibility index (Phi) is 7.40. The van der Waals surface area contributed by atoms with Crippen LogP contribution >= 0.6 is 23.1 Å². The molecule has 4 rings (SSSR count). The lowest BCUT2D eigenvalue weighted by Crippen LogP contribution is -2.71. The summed E-state index contributed by atoms with van der Waals surface area (Å²) in [4.78, 5) is 59.6. The van der Waals surface area contributed by atoms with Gasteiger partial charge in [-0.25, -0.2) is 9.78 Å². The van der Waals surface area contributed by atoms with Gasteiger partial charge in [-0.1, -0.05) is 5.16 Å². The number of thiazole rings is 1. The number of carbonyl (C=O) groups is 4. The lowest BCUT2D eigenvalue weighted by Gasteiger charge is -2.49. The molecule has 4 heterocycles. The number of amides is 3. The van der Waals surface area contributed by atoms with Crippen LogP contribution in [0.3, 0.4) is 0 Å². The van der Waals surface area contributed by atoms with Gasteiger partial charge in [-0.05, 0) is 19.4 Å². The second-order valence-corrected chi connectivity index (χ2v) is 10.1. The van der Waals surface area contributed by atoms with E-state index in [4.69, 9.17) is 4.84 Å². The fourth-order valence-corrected chi connectivity index (χ4v) is 5.68. The van der Waals surface area contributed by atoms with E-state index >= 15 is 0 Å². The van der Waals surface area contributed by atoms with E-state index in [-0.39, 0.29) is 28.3 Å². The highest BCUT2D eigenvalue weighted by Crippen LogP contribution is 2.40. The molecule has 0 unspecified atom stereocenters. The van der Waals surface area contributed by atoms with Gasteiger partial charge in [0.2, 0.25) is 6.41 Å². The van der Waals surface area contributed by atoms with Crippen molar-refractivity contribution in [2.45, 2.75) is 37.9 Å². The molecule has 0 spiro atoms. The molecule has 190 valence electrons. The molecule has 15 heteroatoms. The predicted molar refractivity (Wildman–Crippen MR) is 130 cm³/mol. The number of fused-ring (bicyclic) bond motifs is 1. The molecule has 2 aromatic heterocycles. The molecule has 0 aromatic carbocycles. The number of oxime groups is 1. The monoisotopic (exact) mass is 534 g/mol. The number of β-lactam (4-membered cyclic amide) rings is 1.